The predicted molar refractivity (Wildman–Crippen MR) is 92.0 cm³/mol. The highest BCUT2D eigenvalue weighted by molar-refractivity contribution is 7.98. The van der Waals surface area contributed by atoms with Crippen LogP contribution in [-0.4, -0.2) is 29.7 Å². The molecule has 25 heavy (non-hydrogen) atoms. The smallest absolute Gasteiger partial charge is 0.247 e. The van der Waals surface area contributed by atoms with Crippen molar-refractivity contribution >= 4 is 37.0 Å². The van der Waals surface area contributed by atoms with Crippen LogP contribution in [-0.2, 0) is 26.3 Å². The summed E-state index contributed by atoms with van der Waals surface area (Å²) in [5, 5.41) is 5.04. The Kier molecular flexibility index (Phi) is 4.31. The van der Waals surface area contributed by atoms with Crippen LogP contribution < -0.4 is 9.88 Å². The van der Waals surface area contributed by atoms with Gasteiger partial charge in [0.1, 0.15) is 14.2 Å². The van der Waals surface area contributed by atoms with Gasteiger partial charge in [-0.05, 0) is 23.8 Å². The van der Waals surface area contributed by atoms with Gasteiger partial charge in [0.05, 0.1) is 17.6 Å². The van der Waals surface area contributed by atoms with Crippen molar-refractivity contribution in [1.29, 1.82) is 0 Å². The number of thiophene rings is 1. The fourth-order valence-corrected chi connectivity index (χ4v) is 6.49. The summed E-state index contributed by atoms with van der Waals surface area (Å²) in [6.45, 7) is 0. The average Bonchev–Trinajstić information content (AvgIpc) is 3.01. The highest BCUT2D eigenvalue weighted by Gasteiger charge is 2.35. The molecule has 132 valence electrons. The Morgan fingerprint density at radius 1 is 1.20 bits per heavy atom. The number of sulfonamides is 1. The van der Waals surface area contributed by atoms with Gasteiger partial charge in [0.25, 0.3) is 0 Å². The van der Waals surface area contributed by atoms with E-state index in [-0.39, 0.29) is 25.3 Å². The SMILES string of the molecule is COc1ccc(CC2=CC(=O)c3cc(S(N)(=O)=O)sc3S2(=O)=O)cc1. The Morgan fingerprint density at radius 3 is 2.40 bits per heavy atom. The summed E-state index contributed by atoms with van der Waals surface area (Å²) in [6.07, 6.45) is 1.04. The van der Waals surface area contributed by atoms with Gasteiger partial charge in [0.15, 0.2) is 5.78 Å². The molecule has 2 N–H and O–H groups in total. The van der Waals surface area contributed by atoms with E-state index in [1.54, 1.807) is 24.3 Å². The molecule has 1 aliphatic heterocycles. The largest absolute Gasteiger partial charge is 0.497 e. The Morgan fingerprint density at radius 2 is 1.84 bits per heavy atom. The Bertz CT molecular complexity index is 1090. The van der Waals surface area contributed by atoms with Gasteiger partial charge in [-0.25, -0.2) is 22.0 Å². The number of hydrogen-bond acceptors (Lipinski definition) is 7. The molecule has 0 fully saturated rings. The number of carbonyl (C=O) groups is 1. The van der Waals surface area contributed by atoms with E-state index in [1.807, 2.05) is 0 Å². The second kappa shape index (κ2) is 6.06. The monoisotopic (exact) mass is 399 g/mol. The van der Waals surface area contributed by atoms with Crippen molar-refractivity contribution in [1.82, 2.24) is 0 Å². The molecular formula is C15H13NO6S3. The van der Waals surface area contributed by atoms with Crippen molar-refractivity contribution in [3.8, 4) is 5.75 Å². The van der Waals surface area contributed by atoms with Crippen LogP contribution in [0.5, 0.6) is 5.75 Å². The molecule has 0 radical (unpaired) electrons. The zero-order valence-electron chi connectivity index (χ0n) is 12.9. The van der Waals surface area contributed by atoms with Crippen LogP contribution in [0.2, 0.25) is 0 Å². The van der Waals surface area contributed by atoms with Gasteiger partial charge in [-0.1, -0.05) is 12.1 Å². The van der Waals surface area contributed by atoms with Gasteiger partial charge in [-0.3, -0.25) is 4.79 Å². The van der Waals surface area contributed by atoms with Gasteiger partial charge in [0.2, 0.25) is 19.9 Å². The van der Waals surface area contributed by atoms with Crippen LogP contribution in [0.4, 0.5) is 0 Å². The van der Waals surface area contributed by atoms with Crippen LogP contribution in [0.25, 0.3) is 0 Å². The zero-order chi connectivity index (χ0) is 18.4. The number of sulfone groups is 1. The molecule has 2 aromatic rings. The van der Waals surface area contributed by atoms with Crippen molar-refractivity contribution in [3.63, 3.8) is 0 Å². The fourth-order valence-electron chi connectivity index (χ4n) is 2.38. The number of ether oxygens (including phenoxy) is 1. The quantitative estimate of drug-likeness (QED) is 0.832. The van der Waals surface area contributed by atoms with Crippen LogP contribution >= 0.6 is 11.3 Å². The molecule has 3 rings (SSSR count). The summed E-state index contributed by atoms with van der Waals surface area (Å²) in [7, 11) is -6.53. The van der Waals surface area contributed by atoms with Crippen LogP contribution in [0.1, 0.15) is 15.9 Å². The van der Waals surface area contributed by atoms with Gasteiger partial charge in [-0.2, -0.15) is 0 Å². The number of primary sulfonamides is 1. The minimum Gasteiger partial charge on any atom is -0.497 e. The first kappa shape index (κ1) is 17.8. The summed E-state index contributed by atoms with van der Waals surface area (Å²) in [6, 6.07) is 7.76. The molecule has 0 unspecified atom stereocenters. The maximum Gasteiger partial charge on any atom is 0.247 e. The molecule has 0 saturated carbocycles. The molecule has 0 amide bonds. The molecular weight excluding hydrogens is 386 g/mol. The molecule has 7 nitrogen and oxygen atoms in total. The zero-order valence-corrected chi connectivity index (χ0v) is 15.4. The number of methoxy groups -OCH3 is 1. The lowest BCUT2D eigenvalue weighted by molar-refractivity contribution is 0.104. The lowest BCUT2D eigenvalue weighted by atomic mass is 10.1. The van der Waals surface area contributed by atoms with E-state index in [1.165, 1.54) is 7.11 Å². The van der Waals surface area contributed by atoms with Crippen LogP contribution in [0.15, 0.2) is 49.7 Å². The standard InChI is InChI=1S/C15H13NO6S3/c1-22-10-4-2-9(3-5-10)6-11-7-13(17)12-8-14(25(16,20)21)23-15(12)24(11,18)19/h2-5,7-8H,6H2,1H3,(H2,16,20,21). The van der Waals surface area contributed by atoms with Crippen molar-refractivity contribution in [2.75, 3.05) is 7.11 Å². The minimum atomic E-state index is -4.09. The Hall–Kier alpha value is -2.01. The Labute approximate surface area is 148 Å². The second-order valence-corrected chi connectivity index (χ2v) is 10.4. The number of hydrogen-bond donors (Lipinski definition) is 1. The molecule has 0 aliphatic carbocycles. The van der Waals surface area contributed by atoms with E-state index in [4.69, 9.17) is 9.88 Å². The third-order valence-corrected chi connectivity index (χ3v) is 8.56. The summed E-state index contributed by atoms with van der Waals surface area (Å²) < 4.78 is 52.8. The molecule has 2 heterocycles. The fraction of sp³-hybridized carbons (Fsp3) is 0.133. The number of benzene rings is 1. The summed E-state index contributed by atoms with van der Waals surface area (Å²) >= 11 is 0.491. The van der Waals surface area contributed by atoms with Gasteiger partial charge in [0, 0.05) is 12.5 Å². The normalized spacial score (nSPS) is 16.2. The van der Waals surface area contributed by atoms with E-state index in [9.17, 15) is 21.6 Å². The molecule has 0 saturated heterocycles. The van der Waals surface area contributed by atoms with Gasteiger partial charge < -0.3 is 4.74 Å². The maximum atomic E-state index is 12.7. The van der Waals surface area contributed by atoms with Crippen LogP contribution in [0.3, 0.4) is 0 Å². The van der Waals surface area contributed by atoms with Gasteiger partial charge >= 0.3 is 0 Å². The van der Waals surface area contributed by atoms with E-state index < -0.39 is 25.6 Å². The number of fused-ring (bicyclic) bond motifs is 1. The lowest BCUT2D eigenvalue weighted by Gasteiger charge is -2.13. The topological polar surface area (TPSA) is 121 Å². The molecule has 0 spiro atoms. The van der Waals surface area contributed by atoms with E-state index in [0.717, 1.165) is 12.1 Å². The number of nitrogens with two attached hydrogens (primary N) is 1. The van der Waals surface area contributed by atoms with E-state index in [2.05, 4.69) is 0 Å². The third-order valence-electron chi connectivity index (χ3n) is 3.64. The highest BCUT2D eigenvalue weighted by Crippen LogP contribution is 2.38. The molecule has 10 heteroatoms. The van der Waals surface area contributed by atoms with E-state index >= 15 is 0 Å². The maximum absolute atomic E-state index is 12.7. The van der Waals surface area contributed by atoms with Crippen molar-refractivity contribution in [2.45, 2.75) is 14.8 Å². The van der Waals surface area contributed by atoms with Gasteiger partial charge in [-0.15, -0.1) is 11.3 Å². The summed E-state index contributed by atoms with van der Waals surface area (Å²) in [5.74, 6) is 0.0677. The Balaban J connectivity index is 2.02. The first-order valence-electron chi connectivity index (χ1n) is 6.92. The molecule has 1 aromatic carbocycles. The summed E-state index contributed by atoms with van der Waals surface area (Å²) in [4.78, 5) is 12.1. The third kappa shape index (κ3) is 3.25. The number of ketones is 1. The molecule has 0 atom stereocenters. The predicted octanol–water partition coefficient (Wildman–Crippen LogP) is 1.50. The van der Waals surface area contributed by atoms with E-state index in [0.29, 0.717) is 22.6 Å². The average molecular weight is 399 g/mol. The number of allylic oxidation sites excluding steroid dienone is 2. The number of rotatable bonds is 4. The first-order valence-corrected chi connectivity index (χ1v) is 10.8. The molecule has 0 bridgehead atoms. The summed E-state index contributed by atoms with van der Waals surface area (Å²) in [5.41, 5.74) is 0.516. The molecule has 1 aromatic heterocycles. The van der Waals surface area contributed by atoms with Crippen molar-refractivity contribution in [3.05, 3.63) is 52.4 Å². The number of carbonyl (C=O) groups excluding carboxylic acids is 1. The van der Waals surface area contributed by atoms with Crippen molar-refractivity contribution < 1.29 is 26.4 Å². The second-order valence-electron chi connectivity index (χ2n) is 5.31. The van der Waals surface area contributed by atoms with Crippen LogP contribution in [0, 0.1) is 0 Å². The van der Waals surface area contributed by atoms with Crippen molar-refractivity contribution in [2.24, 2.45) is 5.14 Å². The lowest BCUT2D eigenvalue weighted by Crippen LogP contribution is -2.16. The minimum absolute atomic E-state index is 0.0140. The molecule has 1 aliphatic rings. The first-order chi connectivity index (χ1) is 11.6. The highest BCUT2D eigenvalue weighted by atomic mass is 32.3.